The van der Waals surface area contributed by atoms with Crippen molar-refractivity contribution in [2.45, 2.75) is 12.5 Å². The minimum atomic E-state index is -0.308. The molecule has 1 fully saturated rings. The number of nitrogens with zero attached hydrogens (tertiary/aromatic N) is 2. The smallest absolute Gasteiger partial charge is 0.223 e. The summed E-state index contributed by atoms with van der Waals surface area (Å²) in [5, 5.41) is 7.18. The van der Waals surface area contributed by atoms with Crippen LogP contribution in [0.2, 0.25) is 0 Å². The van der Waals surface area contributed by atoms with Crippen LogP contribution < -0.4 is 10.6 Å². The highest BCUT2D eigenvalue weighted by molar-refractivity contribution is 5.79. The molecule has 88 valence electrons. The molecule has 4 nitrogen and oxygen atoms in total. The summed E-state index contributed by atoms with van der Waals surface area (Å²) < 4.78 is 13.5. The van der Waals surface area contributed by atoms with Gasteiger partial charge >= 0.3 is 0 Å². The molecule has 2 heterocycles. The van der Waals surface area contributed by atoms with Crippen LogP contribution in [0.3, 0.4) is 0 Å². The summed E-state index contributed by atoms with van der Waals surface area (Å²) in [4.78, 5) is 8.41. The van der Waals surface area contributed by atoms with E-state index in [9.17, 15) is 4.39 Å². The second-order valence-corrected chi connectivity index (χ2v) is 4.21. The van der Waals surface area contributed by atoms with Gasteiger partial charge in [-0.1, -0.05) is 12.1 Å². The fourth-order valence-electron chi connectivity index (χ4n) is 2.05. The first kappa shape index (κ1) is 10.4. The number of para-hydroxylation sites is 1. The molecule has 3 rings (SSSR count). The highest BCUT2D eigenvalue weighted by Gasteiger charge is 2.15. The largest absolute Gasteiger partial charge is 0.350 e. The zero-order chi connectivity index (χ0) is 11.7. The van der Waals surface area contributed by atoms with Gasteiger partial charge in [0.15, 0.2) is 0 Å². The average molecular weight is 232 g/mol. The van der Waals surface area contributed by atoms with Crippen molar-refractivity contribution in [2.75, 3.05) is 18.4 Å². The van der Waals surface area contributed by atoms with Crippen LogP contribution in [0.15, 0.2) is 24.4 Å². The molecule has 1 saturated heterocycles. The molecule has 0 amide bonds. The van der Waals surface area contributed by atoms with Gasteiger partial charge < -0.3 is 10.6 Å². The summed E-state index contributed by atoms with van der Waals surface area (Å²) >= 11 is 0. The summed E-state index contributed by atoms with van der Waals surface area (Å²) in [5.41, 5.74) is 0.371. The number of nitrogens with one attached hydrogen (secondary N) is 2. The molecule has 17 heavy (non-hydrogen) atoms. The Balaban J connectivity index is 1.92. The zero-order valence-corrected chi connectivity index (χ0v) is 9.28. The Kier molecular flexibility index (Phi) is 2.60. The third-order valence-electron chi connectivity index (χ3n) is 2.96. The summed E-state index contributed by atoms with van der Waals surface area (Å²) in [6.45, 7) is 1.90. The maximum absolute atomic E-state index is 13.5. The van der Waals surface area contributed by atoms with Crippen molar-refractivity contribution in [2.24, 2.45) is 0 Å². The van der Waals surface area contributed by atoms with Crippen LogP contribution in [0.1, 0.15) is 6.42 Å². The van der Waals surface area contributed by atoms with Crippen LogP contribution in [0.4, 0.5) is 10.3 Å². The molecule has 1 aliphatic rings. The van der Waals surface area contributed by atoms with Crippen molar-refractivity contribution >= 4 is 16.9 Å². The van der Waals surface area contributed by atoms with Gasteiger partial charge in [0.25, 0.3) is 0 Å². The fraction of sp³-hybridized carbons (Fsp3) is 0.333. The normalized spacial score (nSPS) is 19.7. The molecule has 5 heteroatoms. The Morgan fingerprint density at radius 2 is 2.35 bits per heavy atom. The summed E-state index contributed by atoms with van der Waals surface area (Å²) in [7, 11) is 0. The molecule has 1 aliphatic heterocycles. The van der Waals surface area contributed by atoms with Crippen molar-refractivity contribution in [3.05, 3.63) is 30.2 Å². The van der Waals surface area contributed by atoms with Gasteiger partial charge in [0.05, 0.1) is 0 Å². The molecule has 2 N–H and O–H groups in total. The molecule has 2 aromatic rings. The first-order valence-electron chi connectivity index (χ1n) is 5.71. The second kappa shape index (κ2) is 4.25. The van der Waals surface area contributed by atoms with E-state index < -0.39 is 0 Å². The van der Waals surface area contributed by atoms with Gasteiger partial charge in [0.1, 0.15) is 11.3 Å². The van der Waals surface area contributed by atoms with Gasteiger partial charge in [-0.05, 0) is 19.0 Å². The number of hydrogen-bond donors (Lipinski definition) is 2. The topological polar surface area (TPSA) is 49.8 Å². The van der Waals surface area contributed by atoms with Gasteiger partial charge in [0.2, 0.25) is 5.95 Å². The van der Waals surface area contributed by atoms with Crippen LogP contribution in [-0.4, -0.2) is 29.1 Å². The average Bonchev–Trinajstić information content (AvgIpc) is 2.83. The Bertz CT molecular complexity index is 537. The summed E-state index contributed by atoms with van der Waals surface area (Å²) in [6, 6.07) is 5.21. The predicted molar refractivity (Wildman–Crippen MR) is 64.4 cm³/mol. The monoisotopic (exact) mass is 232 g/mol. The first-order valence-corrected chi connectivity index (χ1v) is 5.71. The molecule has 1 aromatic carbocycles. The van der Waals surface area contributed by atoms with Crippen LogP contribution in [-0.2, 0) is 0 Å². The number of aromatic nitrogens is 2. The third-order valence-corrected chi connectivity index (χ3v) is 2.96. The van der Waals surface area contributed by atoms with Gasteiger partial charge in [-0.3, -0.25) is 0 Å². The molecule has 0 aliphatic carbocycles. The summed E-state index contributed by atoms with van der Waals surface area (Å²) in [6.07, 6.45) is 2.69. The zero-order valence-electron chi connectivity index (χ0n) is 9.28. The Hall–Kier alpha value is -1.75. The molecular weight excluding hydrogens is 219 g/mol. The van der Waals surface area contributed by atoms with E-state index in [1.807, 2.05) is 0 Å². The van der Waals surface area contributed by atoms with E-state index in [-0.39, 0.29) is 5.82 Å². The quantitative estimate of drug-likeness (QED) is 0.824. The highest BCUT2D eigenvalue weighted by atomic mass is 19.1. The number of rotatable bonds is 2. The molecular formula is C12H13FN4. The molecule has 1 unspecified atom stereocenters. The number of benzene rings is 1. The molecule has 1 aromatic heterocycles. The van der Waals surface area contributed by atoms with Crippen LogP contribution in [0.25, 0.3) is 10.9 Å². The lowest BCUT2D eigenvalue weighted by Crippen LogP contribution is -2.23. The first-order chi connectivity index (χ1) is 8.33. The molecule has 0 saturated carbocycles. The van der Waals surface area contributed by atoms with Crippen molar-refractivity contribution in [3.8, 4) is 0 Å². The summed E-state index contributed by atoms with van der Waals surface area (Å²) in [5.74, 6) is 0.189. The SMILES string of the molecule is Fc1cccc2cnc(NC3CCNC3)nc12. The van der Waals surface area contributed by atoms with Crippen LogP contribution in [0, 0.1) is 5.82 Å². The minimum Gasteiger partial charge on any atom is -0.350 e. The van der Waals surface area contributed by atoms with E-state index in [0.717, 1.165) is 24.9 Å². The molecule has 0 radical (unpaired) electrons. The number of anilines is 1. The molecule has 1 atom stereocenters. The predicted octanol–water partition coefficient (Wildman–Crippen LogP) is 1.54. The Morgan fingerprint density at radius 3 is 3.18 bits per heavy atom. The lowest BCUT2D eigenvalue weighted by atomic mass is 10.2. The maximum Gasteiger partial charge on any atom is 0.223 e. The lowest BCUT2D eigenvalue weighted by Gasteiger charge is -2.11. The Morgan fingerprint density at radius 1 is 1.41 bits per heavy atom. The van der Waals surface area contributed by atoms with Crippen molar-refractivity contribution in [1.82, 2.24) is 15.3 Å². The van der Waals surface area contributed by atoms with Gasteiger partial charge in [-0.2, -0.15) is 0 Å². The molecule has 0 spiro atoms. The van der Waals surface area contributed by atoms with E-state index >= 15 is 0 Å². The minimum absolute atomic E-state index is 0.308. The third kappa shape index (κ3) is 2.06. The van der Waals surface area contributed by atoms with Crippen molar-refractivity contribution in [1.29, 1.82) is 0 Å². The van der Waals surface area contributed by atoms with E-state index in [1.165, 1.54) is 6.07 Å². The van der Waals surface area contributed by atoms with Crippen LogP contribution >= 0.6 is 0 Å². The standard InChI is InChI=1S/C12H13FN4/c13-10-3-1-2-8-6-15-12(17-11(8)10)16-9-4-5-14-7-9/h1-3,6,9,14H,4-5,7H2,(H,15,16,17). The van der Waals surface area contributed by atoms with E-state index in [2.05, 4.69) is 20.6 Å². The maximum atomic E-state index is 13.5. The Labute approximate surface area is 98.3 Å². The van der Waals surface area contributed by atoms with Gasteiger partial charge in [0, 0.05) is 24.2 Å². The van der Waals surface area contributed by atoms with E-state index in [1.54, 1.807) is 18.3 Å². The van der Waals surface area contributed by atoms with E-state index in [0.29, 0.717) is 17.5 Å². The number of fused-ring (bicyclic) bond motifs is 1. The van der Waals surface area contributed by atoms with Crippen LogP contribution in [0.5, 0.6) is 0 Å². The van der Waals surface area contributed by atoms with Crippen molar-refractivity contribution < 1.29 is 4.39 Å². The molecule has 0 bridgehead atoms. The number of halogens is 1. The van der Waals surface area contributed by atoms with Gasteiger partial charge in [-0.25, -0.2) is 14.4 Å². The number of hydrogen-bond acceptors (Lipinski definition) is 4. The van der Waals surface area contributed by atoms with Gasteiger partial charge in [-0.15, -0.1) is 0 Å². The fourth-order valence-corrected chi connectivity index (χ4v) is 2.05. The van der Waals surface area contributed by atoms with Crippen molar-refractivity contribution in [3.63, 3.8) is 0 Å². The highest BCUT2D eigenvalue weighted by Crippen LogP contribution is 2.16. The lowest BCUT2D eigenvalue weighted by molar-refractivity contribution is 0.636. The second-order valence-electron chi connectivity index (χ2n) is 4.21. The van der Waals surface area contributed by atoms with E-state index in [4.69, 9.17) is 0 Å².